The molecule has 0 fully saturated rings. The van der Waals surface area contributed by atoms with E-state index in [1.165, 1.54) is 0 Å². The number of amides is 1. The van der Waals surface area contributed by atoms with Gasteiger partial charge in [0.2, 0.25) is 0 Å². The van der Waals surface area contributed by atoms with E-state index in [-0.39, 0.29) is 5.91 Å². The maximum absolute atomic E-state index is 12.4. The number of nitrogens with one attached hydrogen (secondary N) is 1. The molecule has 23 heavy (non-hydrogen) atoms. The van der Waals surface area contributed by atoms with Crippen molar-refractivity contribution in [2.45, 2.75) is 13.8 Å². The highest BCUT2D eigenvalue weighted by molar-refractivity contribution is 9.10. The minimum Gasteiger partial charge on any atom is -0.306 e. The number of anilines is 1. The summed E-state index contributed by atoms with van der Waals surface area (Å²) in [6, 6.07) is 11.5. The van der Waals surface area contributed by atoms with Crippen LogP contribution in [0.4, 0.5) is 5.82 Å². The van der Waals surface area contributed by atoms with E-state index in [9.17, 15) is 4.79 Å². The van der Waals surface area contributed by atoms with Gasteiger partial charge in [0.1, 0.15) is 5.82 Å². The first kappa shape index (κ1) is 15.4. The van der Waals surface area contributed by atoms with Gasteiger partial charge >= 0.3 is 0 Å². The highest BCUT2D eigenvalue weighted by Crippen LogP contribution is 2.18. The third kappa shape index (κ3) is 3.32. The van der Waals surface area contributed by atoms with Crippen molar-refractivity contribution >= 4 is 27.7 Å². The van der Waals surface area contributed by atoms with Gasteiger partial charge in [-0.3, -0.25) is 4.79 Å². The number of carbonyl (C=O) groups is 1. The molecule has 0 aliphatic carbocycles. The first-order valence-electron chi connectivity index (χ1n) is 7.09. The molecule has 2 aromatic heterocycles. The number of rotatable bonds is 3. The molecular weight excluding hydrogens is 356 g/mol. The Labute approximate surface area is 142 Å². The molecule has 3 rings (SSSR count). The van der Waals surface area contributed by atoms with Gasteiger partial charge in [0, 0.05) is 10.7 Å². The number of hydrogen-bond donors (Lipinski definition) is 1. The van der Waals surface area contributed by atoms with Crippen LogP contribution in [0.3, 0.4) is 0 Å². The molecule has 6 heteroatoms. The van der Waals surface area contributed by atoms with Crippen LogP contribution >= 0.6 is 15.9 Å². The zero-order valence-corrected chi connectivity index (χ0v) is 14.3. The zero-order chi connectivity index (χ0) is 16.4. The highest BCUT2D eigenvalue weighted by atomic mass is 79.9. The smallest absolute Gasteiger partial charge is 0.260 e. The second-order valence-electron chi connectivity index (χ2n) is 5.20. The van der Waals surface area contributed by atoms with Crippen molar-refractivity contribution in [1.82, 2.24) is 14.8 Å². The average molecular weight is 371 g/mol. The summed E-state index contributed by atoms with van der Waals surface area (Å²) in [5.41, 5.74) is 3.24. The number of pyridine rings is 1. The van der Waals surface area contributed by atoms with Crippen LogP contribution in [0.15, 0.2) is 53.3 Å². The quantitative estimate of drug-likeness (QED) is 0.760. The molecule has 2 heterocycles. The van der Waals surface area contributed by atoms with Crippen molar-refractivity contribution in [2.24, 2.45) is 0 Å². The van der Waals surface area contributed by atoms with E-state index < -0.39 is 0 Å². The van der Waals surface area contributed by atoms with E-state index in [2.05, 4.69) is 31.3 Å². The summed E-state index contributed by atoms with van der Waals surface area (Å²) < 4.78 is 2.74. The van der Waals surface area contributed by atoms with E-state index in [4.69, 9.17) is 0 Å². The minimum absolute atomic E-state index is 0.219. The number of aromatic nitrogens is 3. The largest absolute Gasteiger partial charge is 0.306 e. The Balaban J connectivity index is 1.86. The summed E-state index contributed by atoms with van der Waals surface area (Å²) >= 11 is 3.41. The summed E-state index contributed by atoms with van der Waals surface area (Å²) in [4.78, 5) is 16.6. The van der Waals surface area contributed by atoms with Crippen LogP contribution < -0.4 is 5.32 Å². The van der Waals surface area contributed by atoms with E-state index in [0.29, 0.717) is 11.4 Å². The normalized spacial score (nSPS) is 10.6. The van der Waals surface area contributed by atoms with Crippen molar-refractivity contribution in [1.29, 1.82) is 0 Å². The molecule has 0 aliphatic heterocycles. The zero-order valence-electron chi connectivity index (χ0n) is 12.7. The molecule has 0 bridgehead atoms. The van der Waals surface area contributed by atoms with Gasteiger partial charge < -0.3 is 5.32 Å². The highest BCUT2D eigenvalue weighted by Gasteiger charge is 2.15. The Morgan fingerprint density at radius 1 is 1.17 bits per heavy atom. The molecule has 0 atom stereocenters. The van der Waals surface area contributed by atoms with Crippen LogP contribution in [0.5, 0.6) is 0 Å². The molecular formula is C17H15BrN4O. The maximum atomic E-state index is 12.4. The lowest BCUT2D eigenvalue weighted by atomic mass is 10.2. The van der Waals surface area contributed by atoms with Gasteiger partial charge in [-0.25, -0.2) is 9.67 Å². The lowest BCUT2D eigenvalue weighted by Crippen LogP contribution is -2.14. The predicted octanol–water partition coefficient (Wildman–Crippen LogP) is 3.90. The number of hydrogen-bond acceptors (Lipinski definition) is 3. The van der Waals surface area contributed by atoms with Crippen molar-refractivity contribution < 1.29 is 4.79 Å². The van der Waals surface area contributed by atoms with E-state index >= 15 is 0 Å². The summed E-state index contributed by atoms with van der Waals surface area (Å²) in [5, 5.41) is 7.12. The molecule has 0 unspecified atom stereocenters. The Morgan fingerprint density at radius 3 is 2.61 bits per heavy atom. The molecule has 1 amide bonds. The molecule has 0 saturated heterocycles. The fourth-order valence-electron chi connectivity index (χ4n) is 2.26. The molecule has 5 nitrogen and oxygen atoms in total. The van der Waals surface area contributed by atoms with Gasteiger partial charge in [-0.05, 0) is 55.8 Å². The molecule has 1 N–H and O–H groups in total. The monoisotopic (exact) mass is 370 g/mol. The van der Waals surface area contributed by atoms with Crippen LogP contribution in [0.2, 0.25) is 0 Å². The third-order valence-electron chi connectivity index (χ3n) is 3.48. The third-order valence-corrected chi connectivity index (χ3v) is 4.01. The molecule has 0 spiro atoms. The molecule has 3 aromatic rings. The van der Waals surface area contributed by atoms with Gasteiger partial charge in [-0.1, -0.05) is 15.9 Å². The molecule has 0 saturated carbocycles. The second-order valence-corrected chi connectivity index (χ2v) is 6.12. The average Bonchev–Trinajstić information content (AvgIpc) is 2.90. The fraction of sp³-hybridized carbons (Fsp3) is 0.118. The minimum atomic E-state index is -0.219. The molecule has 1 aromatic carbocycles. The Hall–Kier alpha value is -2.47. The van der Waals surface area contributed by atoms with Crippen molar-refractivity contribution in [2.75, 3.05) is 5.32 Å². The Kier molecular flexibility index (Phi) is 4.25. The van der Waals surface area contributed by atoms with Crippen LogP contribution in [-0.4, -0.2) is 20.7 Å². The van der Waals surface area contributed by atoms with Gasteiger partial charge in [0.05, 0.1) is 23.1 Å². The number of nitrogens with zero attached hydrogens (tertiary/aromatic N) is 3. The van der Waals surface area contributed by atoms with Crippen LogP contribution in [-0.2, 0) is 0 Å². The summed E-state index contributed by atoms with van der Waals surface area (Å²) in [6.45, 7) is 3.82. The van der Waals surface area contributed by atoms with Gasteiger partial charge in [0.15, 0.2) is 0 Å². The summed E-state index contributed by atoms with van der Waals surface area (Å²) in [5.74, 6) is 0.315. The number of aryl methyl sites for hydroxylation is 1. The second kappa shape index (κ2) is 6.34. The maximum Gasteiger partial charge on any atom is 0.260 e. The van der Waals surface area contributed by atoms with Crippen molar-refractivity contribution in [3.63, 3.8) is 0 Å². The summed E-state index contributed by atoms with van der Waals surface area (Å²) in [6.07, 6.45) is 3.24. The Morgan fingerprint density at radius 2 is 1.91 bits per heavy atom. The van der Waals surface area contributed by atoms with Gasteiger partial charge in [0.25, 0.3) is 5.91 Å². The van der Waals surface area contributed by atoms with Crippen molar-refractivity contribution in [3.05, 3.63) is 70.1 Å². The predicted molar refractivity (Wildman–Crippen MR) is 92.9 cm³/mol. The van der Waals surface area contributed by atoms with E-state index in [1.54, 1.807) is 17.1 Å². The van der Waals surface area contributed by atoms with E-state index in [0.717, 1.165) is 21.4 Å². The first-order valence-corrected chi connectivity index (χ1v) is 7.88. The molecule has 0 aliphatic rings. The Bertz CT molecular complexity index is 855. The number of benzene rings is 1. The lowest BCUT2D eigenvalue weighted by molar-refractivity contribution is 0.102. The fourth-order valence-corrected chi connectivity index (χ4v) is 2.53. The van der Waals surface area contributed by atoms with Crippen LogP contribution in [0.1, 0.15) is 21.6 Å². The van der Waals surface area contributed by atoms with E-state index in [1.807, 2.05) is 50.2 Å². The van der Waals surface area contributed by atoms with Gasteiger partial charge in [-0.15, -0.1) is 0 Å². The first-order chi connectivity index (χ1) is 11.0. The van der Waals surface area contributed by atoms with Gasteiger partial charge in [-0.2, -0.15) is 5.10 Å². The standard InChI is InChI=1S/C17H15BrN4O/c1-11-7-8-19-16(9-11)21-17(23)15-10-20-22(12(15)2)14-5-3-13(18)4-6-14/h3-10H,1-2H3,(H,19,21,23). The lowest BCUT2D eigenvalue weighted by Gasteiger charge is -2.07. The topological polar surface area (TPSA) is 59.8 Å². The molecule has 0 radical (unpaired) electrons. The number of halogens is 1. The molecule has 116 valence electrons. The summed E-state index contributed by atoms with van der Waals surface area (Å²) in [7, 11) is 0. The van der Waals surface area contributed by atoms with Crippen LogP contribution in [0.25, 0.3) is 5.69 Å². The number of carbonyl (C=O) groups excluding carboxylic acids is 1. The van der Waals surface area contributed by atoms with Crippen molar-refractivity contribution in [3.8, 4) is 5.69 Å². The van der Waals surface area contributed by atoms with Crippen LogP contribution in [0, 0.1) is 13.8 Å². The SMILES string of the molecule is Cc1ccnc(NC(=O)c2cnn(-c3ccc(Br)cc3)c2C)c1.